The second-order valence-corrected chi connectivity index (χ2v) is 7.09. The Balaban J connectivity index is 2.12. The van der Waals surface area contributed by atoms with E-state index >= 15 is 0 Å². The molecule has 0 atom stereocenters. The third-order valence-electron chi connectivity index (χ3n) is 4.96. The average Bonchev–Trinajstić information content (AvgIpc) is 2.79. The first-order valence-corrected chi connectivity index (χ1v) is 10.7. The van der Waals surface area contributed by atoms with Gasteiger partial charge in [0.1, 0.15) is 23.6 Å². The summed E-state index contributed by atoms with van der Waals surface area (Å²) in [5.74, 6) is -0.879. The highest BCUT2D eigenvalue weighted by Crippen LogP contribution is 2.25. The molecule has 0 amide bonds. The van der Waals surface area contributed by atoms with Crippen molar-refractivity contribution in [3.8, 4) is 5.75 Å². The molecular formula is C24H28N2O6. The van der Waals surface area contributed by atoms with Gasteiger partial charge in [0.05, 0.1) is 11.1 Å². The van der Waals surface area contributed by atoms with E-state index in [9.17, 15) is 14.7 Å². The molecule has 3 rings (SSSR count). The molecule has 0 unspecified atom stereocenters. The highest BCUT2D eigenvalue weighted by molar-refractivity contribution is 5.92. The van der Waals surface area contributed by atoms with Crippen LogP contribution in [0.1, 0.15) is 42.4 Å². The second-order valence-electron chi connectivity index (χ2n) is 7.09. The van der Waals surface area contributed by atoms with Crippen LogP contribution >= 0.6 is 0 Å². The Kier molecular flexibility index (Phi) is 7.97. The lowest BCUT2D eigenvalue weighted by Crippen LogP contribution is -2.23. The van der Waals surface area contributed by atoms with Gasteiger partial charge >= 0.3 is 5.97 Å². The Morgan fingerprint density at radius 3 is 2.41 bits per heavy atom. The molecule has 0 saturated carbocycles. The maximum atomic E-state index is 12.9. The molecule has 1 N–H and O–H groups in total. The van der Waals surface area contributed by atoms with Crippen molar-refractivity contribution in [1.29, 1.82) is 0 Å². The molecule has 32 heavy (non-hydrogen) atoms. The summed E-state index contributed by atoms with van der Waals surface area (Å²) < 4.78 is 19.1. The molecule has 0 radical (unpaired) electrons. The maximum Gasteiger partial charge on any atom is 0.341 e. The fraction of sp³-hybridized carbons (Fsp3) is 0.375. The average molecular weight is 440 g/mol. The summed E-state index contributed by atoms with van der Waals surface area (Å²) in [6.45, 7) is 7.30. The molecule has 2 aromatic heterocycles. The lowest BCUT2D eigenvalue weighted by Gasteiger charge is -2.20. The number of rotatable bonds is 11. The Hall–Kier alpha value is -3.23. The van der Waals surface area contributed by atoms with Gasteiger partial charge in [-0.2, -0.15) is 0 Å². The first-order chi connectivity index (χ1) is 15.5. The molecule has 0 aliphatic carbocycles. The number of benzene rings is 1. The molecule has 8 nitrogen and oxygen atoms in total. The number of hydrogen-bond acceptors (Lipinski definition) is 6. The van der Waals surface area contributed by atoms with Gasteiger partial charge < -0.3 is 23.9 Å². The van der Waals surface area contributed by atoms with Crippen molar-refractivity contribution in [3.05, 3.63) is 69.6 Å². The minimum absolute atomic E-state index is 0.197. The summed E-state index contributed by atoms with van der Waals surface area (Å²) in [6.07, 6.45) is 1.13. The molecule has 0 spiro atoms. The number of carbonyl (C=O) groups is 1. The van der Waals surface area contributed by atoms with E-state index < -0.39 is 17.7 Å². The molecule has 0 bridgehead atoms. The van der Waals surface area contributed by atoms with E-state index in [0.29, 0.717) is 43.3 Å². The number of pyridine rings is 2. The number of hydrogen-bond donors (Lipinski definition) is 1. The zero-order valence-electron chi connectivity index (χ0n) is 18.5. The molecular weight excluding hydrogens is 412 g/mol. The first kappa shape index (κ1) is 23.4. The Morgan fingerprint density at radius 1 is 1.12 bits per heavy atom. The van der Waals surface area contributed by atoms with Crippen LogP contribution in [0.25, 0.3) is 11.0 Å². The van der Waals surface area contributed by atoms with Crippen LogP contribution < -0.4 is 10.2 Å². The standard InChI is InChI=1S/C24H28N2O6/c1-4-26-14-18(24(28)29)22(27)17-12-20(32-15-16-10-8-7-9-11-16)19(25-23(17)26)13-21(30-5-2)31-6-3/h7-12,14,21H,4-6,13,15H2,1-3H3,(H,28,29). The van der Waals surface area contributed by atoms with Crippen molar-refractivity contribution < 1.29 is 24.1 Å². The molecule has 170 valence electrons. The van der Waals surface area contributed by atoms with Crippen molar-refractivity contribution in [3.63, 3.8) is 0 Å². The molecule has 1 aromatic carbocycles. The predicted octanol–water partition coefficient (Wildman–Crippen LogP) is 3.64. The van der Waals surface area contributed by atoms with Crippen molar-refractivity contribution in [2.24, 2.45) is 0 Å². The van der Waals surface area contributed by atoms with Gasteiger partial charge in [-0.25, -0.2) is 9.78 Å². The summed E-state index contributed by atoms with van der Waals surface area (Å²) >= 11 is 0. The lowest BCUT2D eigenvalue weighted by atomic mass is 10.1. The number of carboxylic acid groups (broad SMARTS) is 1. The highest BCUT2D eigenvalue weighted by atomic mass is 16.7. The predicted molar refractivity (Wildman–Crippen MR) is 120 cm³/mol. The molecule has 0 saturated heterocycles. The lowest BCUT2D eigenvalue weighted by molar-refractivity contribution is -0.135. The zero-order chi connectivity index (χ0) is 23.1. The fourth-order valence-corrected chi connectivity index (χ4v) is 3.42. The Labute approximate surface area is 186 Å². The van der Waals surface area contributed by atoms with Gasteiger partial charge in [-0.1, -0.05) is 30.3 Å². The van der Waals surface area contributed by atoms with E-state index in [-0.39, 0.29) is 17.6 Å². The highest BCUT2D eigenvalue weighted by Gasteiger charge is 2.21. The van der Waals surface area contributed by atoms with Crippen LogP contribution in [0.5, 0.6) is 5.75 Å². The van der Waals surface area contributed by atoms with Crippen molar-refractivity contribution in [2.75, 3.05) is 13.2 Å². The number of fused-ring (bicyclic) bond motifs is 1. The maximum absolute atomic E-state index is 12.9. The summed E-state index contributed by atoms with van der Waals surface area (Å²) in [5, 5.41) is 9.66. The fourth-order valence-electron chi connectivity index (χ4n) is 3.42. The second kappa shape index (κ2) is 10.9. The summed E-state index contributed by atoms with van der Waals surface area (Å²) in [4.78, 5) is 29.2. The van der Waals surface area contributed by atoms with Crippen molar-refractivity contribution >= 4 is 17.0 Å². The van der Waals surface area contributed by atoms with Crippen molar-refractivity contribution in [2.45, 2.75) is 46.6 Å². The largest absolute Gasteiger partial charge is 0.487 e. The third-order valence-corrected chi connectivity index (χ3v) is 4.96. The van der Waals surface area contributed by atoms with Gasteiger partial charge in [0, 0.05) is 32.4 Å². The number of aromatic nitrogens is 2. The van der Waals surface area contributed by atoms with E-state index in [1.807, 2.05) is 51.1 Å². The van der Waals surface area contributed by atoms with E-state index in [1.165, 1.54) is 6.20 Å². The smallest absolute Gasteiger partial charge is 0.341 e. The zero-order valence-corrected chi connectivity index (χ0v) is 18.5. The van der Waals surface area contributed by atoms with E-state index in [1.54, 1.807) is 10.6 Å². The monoisotopic (exact) mass is 440 g/mol. The van der Waals surface area contributed by atoms with Crippen LogP contribution in [0.2, 0.25) is 0 Å². The van der Waals surface area contributed by atoms with Gasteiger partial charge in [-0.3, -0.25) is 4.79 Å². The van der Waals surface area contributed by atoms with Crippen LogP contribution in [0.3, 0.4) is 0 Å². The molecule has 8 heteroatoms. The summed E-state index contributed by atoms with van der Waals surface area (Å²) in [7, 11) is 0. The number of ether oxygens (including phenoxy) is 3. The minimum Gasteiger partial charge on any atom is -0.487 e. The van der Waals surface area contributed by atoms with Crippen LogP contribution in [0.15, 0.2) is 47.4 Å². The van der Waals surface area contributed by atoms with Crippen LogP contribution in [0, 0.1) is 0 Å². The quantitative estimate of drug-likeness (QED) is 0.455. The number of nitrogens with zero attached hydrogens (tertiary/aromatic N) is 2. The van der Waals surface area contributed by atoms with E-state index in [0.717, 1.165) is 5.56 Å². The molecule has 0 fully saturated rings. The van der Waals surface area contributed by atoms with Crippen molar-refractivity contribution in [1.82, 2.24) is 9.55 Å². The topological polar surface area (TPSA) is 99.9 Å². The summed E-state index contributed by atoms with van der Waals surface area (Å²) in [5.41, 5.74) is 1.03. The van der Waals surface area contributed by atoms with Gasteiger partial charge in [0.2, 0.25) is 5.43 Å². The minimum atomic E-state index is -1.28. The van der Waals surface area contributed by atoms with Gasteiger partial charge in [0.25, 0.3) is 0 Å². The Morgan fingerprint density at radius 2 is 1.81 bits per heavy atom. The number of carboxylic acids is 1. The molecule has 0 aliphatic heterocycles. The number of aromatic carboxylic acids is 1. The SMILES string of the molecule is CCOC(Cc1nc2c(cc1OCc1ccccc1)c(=O)c(C(=O)O)cn2CC)OCC. The molecule has 0 aliphatic rings. The molecule has 3 aromatic rings. The first-order valence-electron chi connectivity index (χ1n) is 10.7. The number of aryl methyl sites for hydroxylation is 1. The Bertz CT molecular complexity index is 1120. The van der Waals surface area contributed by atoms with E-state index in [2.05, 4.69) is 0 Å². The van der Waals surface area contributed by atoms with Crippen LogP contribution in [-0.2, 0) is 29.0 Å². The van der Waals surface area contributed by atoms with Gasteiger partial charge in [-0.05, 0) is 32.4 Å². The third kappa shape index (κ3) is 5.33. The van der Waals surface area contributed by atoms with Crippen LogP contribution in [0.4, 0.5) is 0 Å². The van der Waals surface area contributed by atoms with Gasteiger partial charge in [0.15, 0.2) is 6.29 Å². The van der Waals surface area contributed by atoms with Crippen LogP contribution in [-0.4, -0.2) is 40.1 Å². The summed E-state index contributed by atoms with van der Waals surface area (Å²) in [6, 6.07) is 11.2. The normalized spacial score (nSPS) is 11.2. The molecule has 2 heterocycles. The van der Waals surface area contributed by atoms with Gasteiger partial charge in [-0.15, -0.1) is 0 Å². The van der Waals surface area contributed by atoms with E-state index in [4.69, 9.17) is 19.2 Å².